The summed E-state index contributed by atoms with van der Waals surface area (Å²) in [5, 5.41) is 110. The molecule has 10 N–H and O–H groups in total. The van der Waals surface area contributed by atoms with E-state index in [1.165, 1.54) is 5.57 Å². The van der Waals surface area contributed by atoms with Crippen molar-refractivity contribution in [2.75, 3.05) is 13.2 Å². The summed E-state index contributed by atoms with van der Waals surface area (Å²) >= 11 is 0. The van der Waals surface area contributed by atoms with Crippen LogP contribution in [0.2, 0.25) is 0 Å². The van der Waals surface area contributed by atoms with Gasteiger partial charge in [-0.1, -0.05) is 46.3 Å². The Labute approximate surface area is 331 Å². The minimum atomic E-state index is -1.81. The summed E-state index contributed by atoms with van der Waals surface area (Å²) < 4.78 is 24.1. The standard InChI is InChI=1S/C42H72O14/c1-20(2)10-9-13-42(8,52)21-11-14-41(7)28(21)22(45)16-27-39(5)17-23(46)35(38(3,4)26(39)12-15-40(27,41)6)56-37-34(32(50)30(48)25(19-44)54-37)55-36-33(51)31(49)29(47)24(18-43)53-36/h10,21-37,43-52H,9,11-19H2,1-8H3/t21-,22+,23-,24+,25+,26+,27+,28-,29+,30+,31-,32-,33+,34+,35+,36-,37-,39+,40+,41+,42+/m0/s1. The molecular weight excluding hydrogens is 728 g/mol. The molecule has 4 aliphatic carbocycles. The Morgan fingerprint density at radius 1 is 0.732 bits per heavy atom. The van der Waals surface area contributed by atoms with Crippen molar-refractivity contribution in [2.45, 2.75) is 192 Å². The van der Waals surface area contributed by atoms with Gasteiger partial charge in [-0.05, 0) is 117 Å². The van der Waals surface area contributed by atoms with E-state index in [2.05, 4.69) is 40.7 Å². The highest BCUT2D eigenvalue weighted by Crippen LogP contribution is 2.76. The number of hydrogen-bond acceptors (Lipinski definition) is 14. The van der Waals surface area contributed by atoms with E-state index in [9.17, 15) is 51.1 Å². The zero-order valence-electron chi connectivity index (χ0n) is 34.6. The summed E-state index contributed by atoms with van der Waals surface area (Å²) in [4.78, 5) is 0. The lowest BCUT2D eigenvalue weighted by atomic mass is 9.35. The van der Waals surface area contributed by atoms with Crippen LogP contribution in [0.15, 0.2) is 11.6 Å². The molecule has 0 aromatic carbocycles. The van der Waals surface area contributed by atoms with Gasteiger partial charge in [0.05, 0.1) is 37.1 Å². The Hall–Kier alpha value is -0.820. The number of ether oxygens (including phenoxy) is 4. The molecule has 0 aromatic rings. The Bertz CT molecular complexity index is 1400. The highest BCUT2D eigenvalue weighted by Gasteiger charge is 2.72. The third-order valence-corrected chi connectivity index (χ3v) is 16.5. The number of allylic oxidation sites excluding steroid dienone is 2. The molecule has 4 saturated carbocycles. The van der Waals surface area contributed by atoms with Gasteiger partial charge < -0.3 is 70.0 Å². The Morgan fingerprint density at radius 2 is 1.32 bits per heavy atom. The van der Waals surface area contributed by atoms with Gasteiger partial charge in [-0.3, -0.25) is 0 Å². The molecule has 56 heavy (non-hydrogen) atoms. The van der Waals surface area contributed by atoms with E-state index < -0.39 is 109 Å². The molecule has 0 aromatic heterocycles. The van der Waals surface area contributed by atoms with Gasteiger partial charge in [-0.2, -0.15) is 0 Å². The molecule has 0 amide bonds. The molecule has 14 heteroatoms. The second-order valence-electron chi connectivity index (χ2n) is 20.3. The summed E-state index contributed by atoms with van der Waals surface area (Å²) in [7, 11) is 0. The van der Waals surface area contributed by atoms with E-state index in [0.717, 1.165) is 32.1 Å². The lowest BCUT2D eigenvalue weighted by Gasteiger charge is -2.71. The SMILES string of the molecule is CC(C)=CCC[C@@](C)(O)[C@H]1CC[C@]2(C)[C@@H]1[C@H](O)C[C@@H]1[C@]3(C)C[C@H](O)[C@@H](O[C@@H]4O[C@H](CO)[C@@H](O)[C@H](O)[C@H]4O[C@@H]4O[C@H](CO)[C@@H](O)[C@H](O)[C@H]4O)C(C)(C)[C@H]3CC[C@]12C. The van der Waals surface area contributed by atoms with Crippen molar-refractivity contribution in [3.8, 4) is 0 Å². The Balaban J connectivity index is 1.25. The van der Waals surface area contributed by atoms with Crippen LogP contribution in [0.1, 0.15) is 107 Å². The summed E-state index contributed by atoms with van der Waals surface area (Å²) in [6.07, 6.45) is -10.5. The monoisotopic (exact) mass is 800 g/mol. The van der Waals surface area contributed by atoms with E-state index in [0.29, 0.717) is 19.3 Å². The van der Waals surface area contributed by atoms with Crippen molar-refractivity contribution >= 4 is 0 Å². The van der Waals surface area contributed by atoms with Gasteiger partial charge in [0, 0.05) is 0 Å². The van der Waals surface area contributed by atoms with Gasteiger partial charge in [0.25, 0.3) is 0 Å². The second kappa shape index (κ2) is 15.9. The summed E-state index contributed by atoms with van der Waals surface area (Å²) in [5.74, 6) is -0.0322. The highest BCUT2D eigenvalue weighted by atomic mass is 16.8. The van der Waals surface area contributed by atoms with Crippen molar-refractivity contribution in [3.05, 3.63) is 11.6 Å². The summed E-state index contributed by atoms with van der Waals surface area (Å²) in [5.41, 5.74) is -1.25. The fourth-order valence-corrected chi connectivity index (χ4v) is 13.5. The lowest BCUT2D eigenvalue weighted by Crippen LogP contribution is -2.70. The van der Waals surface area contributed by atoms with E-state index in [-0.39, 0.29) is 34.5 Å². The quantitative estimate of drug-likeness (QED) is 0.110. The number of aliphatic hydroxyl groups excluding tert-OH is 9. The maximum atomic E-state index is 12.2. The molecule has 14 nitrogen and oxygen atoms in total. The Morgan fingerprint density at radius 3 is 1.93 bits per heavy atom. The van der Waals surface area contributed by atoms with E-state index in [1.807, 2.05) is 20.8 Å². The maximum absolute atomic E-state index is 12.2. The minimum absolute atomic E-state index is 0.00996. The van der Waals surface area contributed by atoms with Crippen LogP contribution >= 0.6 is 0 Å². The smallest absolute Gasteiger partial charge is 0.187 e. The van der Waals surface area contributed by atoms with Crippen molar-refractivity contribution in [1.29, 1.82) is 0 Å². The van der Waals surface area contributed by atoms with Crippen LogP contribution < -0.4 is 0 Å². The largest absolute Gasteiger partial charge is 0.394 e. The molecular formula is C42H72O14. The molecule has 324 valence electrons. The zero-order valence-corrected chi connectivity index (χ0v) is 34.6. The first-order valence-corrected chi connectivity index (χ1v) is 21.0. The zero-order chi connectivity index (χ0) is 41.5. The molecule has 0 spiro atoms. The topological polar surface area (TPSA) is 239 Å². The predicted molar refractivity (Wildman–Crippen MR) is 202 cm³/mol. The molecule has 21 atom stereocenters. The fraction of sp³-hybridized carbons (Fsp3) is 0.952. The van der Waals surface area contributed by atoms with E-state index in [1.54, 1.807) is 0 Å². The number of aliphatic hydroxyl groups is 10. The average molecular weight is 801 g/mol. The van der Waals surface area contributed by atoms with Crippen LogP contribution in [-0.4, -0.2) is 150 Å². The van der Waals surface area contributed by atoms with Gasteiger partial charge in [0.1, 0.15) is 48.8 Å². The highest BCUT2D eigenvalue weighted by molar-refractivity contribution is 5.21. The van der Waals surface area contributed by atoms with Gasteiger partial charge in [0.2, 0.25) is 0 Å². The van der Waals surface area contributed by atoms with Crippen molar-refractivity contribution in [3.63, 3.8) is 0 Å². The van der Waals surface area contributed by atoms with Gasteiger partial charge in [-0.25, -0.2) is 0 Å². The third-order valence-electron chi connectivity index (χ3n) is 16.5. The van der Waals surface area contributed by atoms with Gasteiger partial charge in [0.15, 0.2) is 12.6 Å². The molecule has 0 unspecified atom stereocenters. The van der Waals surface area contributed by atoms with Crippen LogP contribution in [0.5, 0.6) is 0 Å². The summed E-state index contributed by atoms with van der Waals surface area (Å²) in [6, 6.07) is 0. The van der Waals surface area contributed by atoms with Crippen LogP contribution in [0.4, 0.5) is 0 Å². The fourth-order valence-electron chi connectivity index (χ4n) is 13.5. The molecule has 2 heterocycles. The lowest BCUT2D eigenvalue weighted by molar-refractivity contribution is -0.383. The van der Waals surface area contributed by atoms with Crippen molar-refractivity contribution in [2.24, 2.45) is 45.3 Å². The van der Waals surface area contributed by atoms with Crippen LogP contribution in [0.3, 0.4) is 0 Å². The molecule has 0 radical (unpaired) electrons. The average Bonchev–Trinajstić information content (AvgIpc) is 3.50. The van der Waals surface area contributed by atoms with E-state index in [4.69, 9.17) is 18.9 Å². The molecule has 6 rings (SSSR count). The number of fused-ring (bicyclic) bond motifs is 5. The Kier molecular flexibility index (Phi) is 12.7. The second-order valence-corrected chi connectivity index (χ2v) is 20.3. The molecule has 0 bridgehead atoms. The molecule has 6 fully saturated rings. The number of hydrogen-bond donors (Lipinski definition) is 10. The maximum Gasteiger partial charge on any atom is 0.187 e. The van der Waals surface area contributed by atoms with Crippen LogP contribution in [-0.2, 0) is 18.9 Å². The third kappa shape index (κ3) is 7.16. The first kappa shape index (κ1) is 44.7. The van der Waals surface area contributed by atoms with Crippen molar-refractivity contribution in [1.82, 2.24) is 0 Å². The van der Waals surface area contributed by atoms with Crippen molar-refractivity contribution < 1.29 is 70.0 Å². The first-order chi connectivity index (χ1) is 26.0. The van der Waals surface area contributed by atoms with Crippen LogP contribution in [0.25, 0.3) is 0 Å². The normalized spacial score (nSPS) is 52.6. The minimum Gasteiger partial charge on any atom is -0.394 e. The molecule has 2 saturated heterocycles. The first-order valence-electron chi connectivity index (χ1n) is 21.0. The summed E-state index contributed by atoms with van der Waals surface area (Å²) in [6.45, 7) is 15.7. The molecule has 6 aliphatic rings. The van der Waals surface area contributed by atoms with Crippen LogP contribution in [0, 0.1) is 45.3 Å². The predicted octanol–water partition coefficient (Wildman–Crippen LogP) is 1.12. The molecule has 2 aliphatic heterocycles. The van der Waals surface area contributed by atoms with Gasteiger partial charge >= 0.3 is 0 Å². The number of rotatable bonds is 10. The van der Waals surface area contributed by atoms with Gasteiger partial charge in [-0.15, -0.1) is 0 Å². The van der Waals surface area contributed by atoms with E-state index >= 15 is 0 Å².